The van der Waals surface area contributed by atoms with Crippen LogP contribution >= 0.6 is 0 Å². The van der Waals surface area contributed by atoms with Crippen molar-refractivity contribution in [3.63, 3.8) is 0 Å². The van der Waals surface area contributed by atoms with Gasteiger partial charge in [-0.3, -0.25) is 0 Å². The van der Waals surface area contributed by atoms with Gasteiger partial charge in [0.15, 0.2) is 0 Å². The summed E-state index contributed by atoms with van der Waals surface area (Å²) in [6.45, 7) is 0. The first-order valence-electron chi connectivity index (χ1n) is 5.97. The van der Waals surface area contributed by atoms with E-state index >= 15 is 0 Å². The van der Waals surface area contributed by atoms with Gasteiger partial charge < -0.3 is 10.5 Å². The summed E-state index contributed by atoms with van der Waals surface area (Å²) in [6.07, 6.45) is 3.41. The van der Waals surface area contributed by atoms with E-state index in [1.54, 1.807) is 7.11 Å². The van der Waals surface area contributed by atoms with Crippen LogP contribution in [0.2, 0.25) is 0 Å². The van der Waals surface area contributed by atoms with Crippen LogP contribution in [0.25, 0.3) is 0 Å². The molecule has 0 spiro atoms. The molecule has 0 saturated carbocycles. The largest absolute Gasteiger partial charge is 0.497 e. The molecule has 2 N–H and O–H groups in total. The van der Waals surface area contributed by atoms with E-state index in [4.69, 9.17) is 10.5 Å². The number of aryl methyl sites for hydroxylation is 1. The van der Waals surface area contributed by atoms with E-state index in [0.717, 1.165) is 18.6 Å². The van der Waals surface area contributed by atoms with E-state index in [9.17, 15) is 8.42 Å². The smallest absolute Gasteiger partial charge is 0.147 e. The first-order chi connectivity index (χ1) is 8.40. The van der Waals surface area contributed by atoms with Crippen LogP contribution < -0.4 is 10.5 Å². The third-order valence-electron chi connectivity index (χ3n) is 2.82. The second-order valence-corrected chi connectivity index (χ2v) is 6.83. The number of nitrogens with two attached hydrogens (primary N) is 1. The van der Waals surface area contributed by atoms with E-state index < -0.39 is 9.84 Å². The SMILES string of the molecule is COc1ccc(CCC(N)CCS(C)(=O)=O)cc1. The van der Waals surface area contributed by atoms with Crippen LogP contribution in [-0.2, 0) is 16.3 Å². The molecule has 0 bridgehead atoms. The minimum atomic E-state index is -2.91. The minimum absolute atomic E-state index is 0.0678. The van der Waals surface area contributed by atoms with Gasteiger partial charge in [-0.15, -0.1) is 0 Å². The molecule has 0 radical (unpaired) electrons. The van der Waals surface area contributed by atoms with Crippen LogP contribution in [0.5, 0.6) is 5.75 Å². The summed E-state index contributed by atoms with van der Waals surface area (Å²) in [5.41, 5.74) is 7.08. The molecule has 0 aliphatic carbocycles. The van der Waals surface area contributed by atoms with Gasteiger partial charge in [0.1, 0.15) is 15.6 Å². The molecule has 1 aromatic rings. The van der Waals surface area contributed by atoms with Gasteiger partial charge in [-0.1, -0.05) is 12.1 Å². The Morgan fingerprint density at radius 2 is 1.83 bits per heavy atom. The Morgan fingerprint density at radius 1 is 1.22 bits per heavy atom. The predicted octanol–water partition coefficient (Wildman–Crippen LogP) is 1.39. The molecule has 5 heteroatoms. The summed E-state index contributed by atoms with van der Waals surface area (Å²) in [6, 6.07) is 7.76. The van der Waals surface area contributed by atoms with Gasteiger partial charge in [-0.05, 0) is 37.0 Å². The fourth-order valence-corrected chi connectivity index (χ4v) is 2.38. The van der Waals surface area contributed by atoms with E-state index in [-0.39, 0.29) is 11.8 Å². The highest BCUT2D eigenvalue weighted by Crippen LogP contribution is 2.13. The van der Waals surface area contributed by atoms with E-state index in [1.807, 2.05) is 24.3 Å². The summed E-state index contributed by atoms with van der Waals surface area (Å²) >= 11 is 0. The summed E-state index contributed by atoms with van der Waals surface area (Å²) < 4.78 is 27.1. The Hall–Kier alpha value is -1.07. The number of hydrogen-bond donors (Lipinski definition) is 1. The maximum atomic E-state index is 11.0. The molecule has 4 nitrogen and oxygen atoms in total. The average molecular weight is 271 g/mol. The first-order valence-corrected chi connectivity index (χ1v) is 8.03. The maximum Gasteiger partial charge on any atom is 0.147 e. The fraction of sp³-hybridized carbons (Fsp3) is 0.538. The van der Waals surface area contributed by atoms with Crippen molar-refractivity contribution in [3.05, 3.63) is 29.8 Å². The Labute approximate surface area is 109 Å². The molecular formula is C13H21NO3S. The van der Waals surface area contributed by atoms with Gasteiger partial charge in [-0.25, -0.2) is 8.42 Å². The molecule has 0 amide bonds. The van der Waals surface area contributed by atoms with Crippen LogP contribution in [0.3, 0.4) is 0 Å². The normalized spacial score (nSPS) is 13.3. The molecule has 1 aromatic carbocycles. The summed E-state index contributed by atoms with van der Waals surface area (Å²) in [5.74, 6) is 0.997. The van der Waals surface area contributed by atoms with Crippen LogP contribution in [0, 0.1) is 0 Å². The van der Waals surface area contributed by atoms with Gasteiger partial charge >= 0.3 is 0 Å². The van der Waals surface area contributed by atoms with Gasteiger partial charge in [0.2, 0.25) is 0 Å². The lowest BCUT2D eigenvalue weighted by Crippen LogP contribution is -2.24. The second-order valence-electron chi connectivity index (χ2n) is 4.57. The number of methoxy groups -OCH3 is 1. The third-order valence-corrected chi connectivity index (χ3v) is 3.80. The second kappa shape index (κ2) is 6.75. The zero-order valence-corrected chi connectivity index (χ0v) is 11.7. The number of sulfone groups is 1. The monoisotopic (exact) mass is 271 g/mol. The van der Waals surface area contributed by atoms with Gasteiger partial charge in [0.25, 0.3) is 0 Å². The summed E-state index contributed by atoms with van der Waals surface area (Å²) in [7, 11) is -1.27. The Bertz CT molecular complexity index is 454. The van der Waals surface area contributed by atoms with Gasteiger partial charge in [0.05, 0.1) is 12.9 Å². The van der Waals surface area contributed by atoms with Crippen molar-refractivity contribution in [2.45, 2.75) is 25.3 Å². The lowest BCUT2D eigenvalue weighted by molar-refractivity contribution is 0.414. The highest BCUT2D eigenvalue weighted by atomic mass is 32.2. The molecule has 1 atom stereocenters. The first kappa shape index (κ1) is 15.0. The predicted molar refractivity (Wildman–Crippen MR) is 73.6 cm³/mol. The van der Waals surface area contributed by atoms with Crippen molar-refractivity contribution in [2.24, 2.45) is 5.73 Å². The zero-order chi connectivity index (χ0) is 13.6. The number of ether oxygens (including phenoxy) is 1. The maximum absolute atomic E-state index is 11.0. The van der Waals surface area contributed by atoms with Crippen molar-refractivity contribution in [3.8, 4) is 5.75 Å². The standard InChI is InChI=1S/C13H21NO3S/c1-17-13-7-4-11(5-8-13)3-6-12(14)9-10-18(2,15)16/h4-5,7-8,12H,3,6,9-10,14H2,1-2H3. The molecule has 102 valence electrons. The summed E-state index contributed by atoms with van der Waals surface area (Å²) in [4.78, 5) is 0. The van der Waals surface area contributed by atoms with E-state index in [1.165, 1.54) is 11.8 Å². The average Bonchev–Trinajstić information content (AvgIpc) is 2.33. The van der Waals surface area contributed by atoms with Crippen LogP contribution in [0.1, 0.15) is 18.4 Å². The van der Waals surface area contributed by atoms with Crippen molar-refractivity contribution in [1.29, 1.82) is 0 Å². The molecule has 0 aromatic heterocycles. The lowest BCUT2D eigenvalue weighted by Gasteiger charge is -2.11. The summed E-state index contributed by atoms with van der Waals surface area (Å²) in [5, 5.41) is 0. The third kappa shape index (κ3) is 6.02. The minimum Gasteiger partial charge on any atom is -0.497 e. The van der Waals surface area contributed by atoms with Crippen molar-refractivity contribution in [1.82, 2.24) is 0 Å². The van der Waals surface area contributed by atoms with E-state index in [2.05, 4.69) is 0 Å². The van der Waals surface area contributed by atoms with Crippen molar-refractivity contribution >= 4 is 9.84 Å². The highest BCUT2D eigenvalue weighted by molar-refractivity contribution is 7.90. The van der Waals surface area contributed by atoms with Gasteiger partial charge in [0, 0.05) is 12.3 Å². The topological polar surface area (TPSA) is 69.4 Å². The van der Waals surface area contributed by atoms with E-state index in [0.29, 0.717) is 6.42 Å². The number of benzene rings is 1. The molecule has 0 heterocycles. The number of rotatable bonds is 7. The molecule has 0 fully saturated rings. The molecule has 0 aliphatic rings. The molecule has 18 heavy (non-hydrogen) atoms. The van der Waals surface area contributed by atoms with Gasteiger partial charge in [-0.2, -0.15) is 0 Å². The number of hydrogen-bond acceptors (Lipinski definition) is 4. The zero-order valence-electron chi connectivity index (χ0n) is 10.9. The highest BCUT2D eigenvalue weighted by Gasteiger charge is 2.08. The van der Waals surface area contributed by atoms with Crippen LogP contribution in [0.15, 0.2) is 24.3 Å². The molecule has 0 saturated heterocycles. The Balaban J connectivity index is 2.35. The van der Waals surface area contributed by atoms with Crippen LogP contribution in [-0.4, -0.2) is 33.6 Å². The fourth-order valence-electron chi connectivity index (χ4n) is 1.65. The molecule has 1 unspecified atom stereocenters. The Kier molecular flexibility index (Phi) is 5.62. The van der Waals surface area contributed by atoms with Crippen molar-refractivity contribution in [2.75, 3.05) is 19.1 Å². The quantitative estimate of drug-likeness (QED) is 0.813. The molecular weight excluding hydrogens is 250 g/mol. The Morgan fingerprint density at radius 3 is 2.33 bits per heavy atom. The lowest BCUT2D eigenvalue weighted by atomic mass is 10.0. The molecule has 0 aliphatic heterocycles. The molecule has 1 rings (SSSR count). The van der Waals surface area contributed by atoms with Crippen LogP contribution in [0.4, 0.5) is 0 Å². The van der Waals surface area contributed by atoms with Crippen molar-refractivity contribution < 1.29 is 13.2 Å².